The average Bonchev–Trinajstić information content (AvgIpc) is 2.98. The SMILES string of the molecule is Cc1nc2nccc(-c3cc(Cl)cc(C)c3O[C@H]3CCCNC3)c2[nH]1.Cl. The standard InChI is InChI=1S/C19H21ClN4O.ClH/c1-11-8-13(20)9-16(18(11)25-14-4-3-6-21-10-14)15-5-7-22-19-17(15)23-12(2)24-19;/h5,7-9,14,21H,3-4,6,10H2,1-2H3,(H,22,23,24);1H/t14-;/m0./s1. The maximum atomic E-state index is 6.41. The van der Waals surface area contributed by atoms with Crippen molar-refractivity contribution in [2.45, 2.75) is 32.8 Å². The molecule has 3 heterocycles. The lowest BCUT2D eigenvalue weighted by Gasteiger charge is -2.26. The Hall–Kier alpha value is -1.82. The molecule has 1 saturated heterocycles. The summed E-state index contributed by atoms with van der Waals surface area (Å²) < 4.78 is 6.41. The van der Waals surface area contributed by atoms with E-state index in [0.29, 0.717) is 10.7 Å². The third kappa shape index (κ3) is 3.65. The highest BCUT2D eigenvalue weighted by Gasteiger charge is 2.20. The summed E-state index contributed by atoms with van der Waals surface area (Å²) in [5.41, 5.74) is 4.64. The van der Waals surface area contributed by atoms with Gasteiger partial charge in [0.25, 0.3) is 0 Å². The molecule has 4 rings (SSSR count). The Morgan fingerprint density at radius 3 is 2.85 bits per heavy atom. The number of hydrogen-bond acceptors (Lipinski definition) is 4. The lowest BCUT2D eigenvalue weighted by Crippen LogP contribution is -2.37. The zero-order chi connectivity index (χ0) is 17.4. The first kappa shape index (κ1) is 19.0. The Balaban J connectivity index is 0.00000196. The van der Waals surface area contributed by atoms with Crippen molar-refractivity contribution in [3.05, 3.63) is 40.8 Å². The Morgan fingerprint density at radius 2 is 2.08 bits per heavy atom. The van der Waals surface area contributed by atoms with Crippen LogP contribution >= 0.6 is 24.0 Å². The maximum absolute atomic E-state index is 6.41. The molecule has 1 aromatic carbocycles. The van der Waals surface area contributed by atoms with Crippen LogP contribution < -0.4 is 10.1 Å². The number of aromatic amines is 1. The van der Waals surface area contributed by atoms with Crippen LogP contribution in [0.15, 0.2) is 24.4 Å². The van der Waals surface area contributed by atoms with E-state index < -0.39 is 0 Å². The molecule has 1 atom stereocenters. The predicted molar refractivity (Wildman–Crippen MR) is 108 cm³/mol. The van der Waals surface area contributed by atoms with Crippen LogP contribution in [-0.4, -0.2) is 34.1 Å². The van der Waals surface area contributed by atoms with Gasteiger partial charge >= 0.3 is 0 Å². The third-order valence-corrected chi connectivity index (χ3v) is 4.79. The highest BCUT2D eigenvalue weighted by atomic mass is 35.5. The maximum Gasteiger partial charge on any atom is 0.178 e. The topological polar surface area (TPSA) is 62.8 Å². The molecule has 5 nitrogen and oxygen atoms in total. The quantitative estimate of drug-likeness (QED) is 0.690. The van der Waals surface area contributed by atoms with Crippen LogP contribution in [0.3, 0.4) is 0 Å². The van der Waals surface area contributed by atoms with E-state index in [1.165, 1.54) is 0 Å². The van der Waals surface area contributed by atoms with Gasteiger partial charge in [-0.3, -0.25) is 0 Å². The second kappa shape index (κ2) is 7.82. The number of rotatable bonds is 3. The molecule has 7 heteroatoms. The van der Waals surface area contributed by atoms with E-state index in [1.807, 2.05) is 32.0 Å². The summed E-state index contributed by atoms with van der Waals surface area (Å²) in [5.74, 6) is 1.73. The fourth-order valence-corrected chi connectivity index (χ4v) is 3.70. The molecule has 0 aliphatic carbocycles. The summed E-state index contributed by atoms with van der Waals surface area (Å²) in [6, 6.07) is 5.90. The number of hydrogen-bond donors (Lipinski definition) is 2. The number of halogens is 2. The van der Waals surface area contributed by atoms with Crippen LogP contribution in [0.5, 0.6) is 5.75 Å². The molecular weight excluding hydrogens is 371 g/mol. The van der Waals surface area contributed by atoms with Gasteiger partial charge in [0.15, 0.2) is 5.65 Å². The normalized spacial score (nSPS) is 17.1. The van der Waals surface area contributed by atoms with Crippen molar-refractivity contribution in [3.63, 3.8) is 0 Å². The number of nitrogens with zero attached hydrogens (tertiary/aromatic N) is 2. The number of ether oxygens (including phenoxy) is 1. The molecule has 2 aromatic heterocycles. The van der Waals surface area contributed by atoms with Crippen LogP contribution in [-0.2, 0) is 0 Å². The van der Waals surface area contributed by atoms with Gasteiger partial charge in [0.1, 0.15) is 17.7 Å². The van der Waals surface area contributed by atoms with E-state index in [-0.39, 0.29) is 18.5 Å². The summed E-state index contributed by atoms with van der Waals surface area (Å²) in [6.45, 7) is 5.90. The van der Waals surface area contributed by atoms with Crippen molar-refractivity contribution in [2.75, 3.05) is 13.1 Å². The van der Waals surface area contributed by atoms with Crippen molar-refractivity contribution in [2.24, 2.45) is 0 Å². The van der Waals surface area contributed by atoms with Gasteiger partial charge in [-0.25, -0.2) is 9.97 Å². The second-order valence-corrected chi connectivity index (χ2v) is 7.00. The van der Waals surface area contributed by atoms with E-state index >= 15 is 0 Å². The number of H-pyrrole nitrogens is 1. The van der Waals surface area contributed by atoms with Gasteiger partial charge in [-0.1, -0.05) is 11.6 Å². The molecule has 1 aliphatic rings. The van der Waals surface area contributed by atoms with Crippen molar-refractivity contribution < 1.29 is 4.74 Å². The molecule has 0 spiro atoms. The zero-order valence-corrected chi connectivity index (χ0v) is 16.4. The number of aromatic nitrogens is 3. The van der Waals surface area contributed by atoms with E-state index in [1.54, 1.807) is 6.20 Å². The molecule has 1 fully saturated rings. The largest absolute Gasteiger partial charge is 0.488 e. The number of aryl methyl sites for hydroxylation is 2. The monoisotopic (exact) mass is 392 g/mol. The highest BCUT2D eigenvalue weighted by Crippen LogP contribution is 2.39. The van der Waals surface area contributed by atoms with Crippen molar-refractivity contribution >= 4 is 35.2 Å². The van der Waals surface area contributed by atoms with E-state index in [4.69, 9.17) is 16.3 Å². The second-order valence-electron chi connectivity index (χ2n) is 6.56. The van der Waals surface area contributed by atoms with E-state index in [0.717, 1.165) is 59.7 Å². The summed E-state index contributed by atoms with van der Waals surface area (Å²) in [7, 11) is 0. The Bertz CT molecular complexity index is 919. The smallest absolute Gasteiger partial charge is 0.178 e. The summed E-state index contributed by atoms with van der Waals surface area (Å²) in [4.78, 5) is 12.1. The fraction of sp³-hybridized carbons (Fsp3) is 0.368. The minimum atomic E-state index is 0. The Labute approximate surface area is 163 Å². The van der Waals surface area contributed by atoms with Gasteiger partial charge in [-0.2, -0.15) is 0 Å². The fourth-order valence-electron chi connectivity index (χ4n) is 3.42. The van der Waals surface area contributed by atoms with E-state index in [2.05, 4.69) is 20.3 Å². The van der Waals surface area contributed by atoms with E-state index in [9.17, 15) is 0 Å². The molecule has 0 unspecified atom stereocenters. The Kier molecular flexibility index (Phi) is 5.70. The van der Waals surface area contributed by atoms with Gasteiger partial charge in [0.2, 0.25) is 0 Å². The molecule has 138 valence electrons. The van der Waals surface area contributed by atoms with Gasteiger partial charge in [0, 0.05) is 28.9 Å². The molecule has 2 N–H and O–H groups in total. The van der Waals surface area contributed by atoms with Gasteiger partial charge in [0.05, 0.1) is 5.52 Å². The molecule has 26 heavy (non-hydrogen) atoms. The number of piperidine rings is 1. The first-order chi connectivity index (χ1) is 12.1. The van der Waals surface area contributed by atoms with Gasteiger partial charge < -0.3 is 15.0 Å². The highest BCUT2D eigenvalue weighted by molar-refractivity contribution is 6.31. The van der Waals surface area contributed by atoms with Crippen molar-refractivity contribution in [1.29, 1.82) is 0 Å². The summed E-state index contributed by atoms with van der Waals surface area (Å²) in [5, 5.41) is 4.10. The minimum absolute atomic E-state index is 0. The predicted octanol–water partition coefficient (Wildman–Crippen LogP) is 4.45. The Morgan fingerprint density at radius 1 is 1.23 bits per heavy atom. The molecule has 0 saturated carbocycles. The molecule has 1 aliphatic heterocycles. The molecule has 0 bridgehead atoms. The number of nitrogens with one attached hydrogen (secondary N) is 2. The van der Waals surface area contributed by atoms with Crippen LogP contribution in [0.25, 0.3) is 22.3 Å². The summed E-state index contributed by atoms with van der Waals surface area (Å²) >= 11 is 6.36. The van der Waals surface area contributed by atoms with Crippen molar-refractivity contribution in [1.82, 2.24) is 20.3 Å². The average molecular weight is 393 g/mol. The third-order valence-electron chi connectivity index (χ3n) is 4.58. The number of fused-ring (bicyclic) bond motifs is 1. The first-order valence-electron chi connectivity index (χ1n) is 8.61. The molecule has 0 amide bonds. The van der Waals surface area contributed by atoms with Crippen LogP contribution in [0.1, 0.15) is 24.2 Å². The number of imidazole rings is 1. The van der Waals surface area contributed by atoms with Crippen LogP contribution in [0, 0.1) is 13.8 Å². The minimum Gasteiger partial charge on any atom is -0.488 e. The zero-order valence-electron chi connectivity index (χ0n) is 14.8. The number of pyridine rings is 1. The van der Waals surface area contributed by atoms with Crippen molar-refractivity contribution in [3.8, 4) is 16.9 Å². The summed E-state index contributed by atoms with van der Waals surface area (Å²) in [6.07, 6.45) is 4.14. The van der Waals surface area contributed by atoms with Crippen LogP contribution in [0.2, 0.25) is 5.02 Å². The van der Waals surface area contributed by atoms with Gasteiger partial charge in [-0.15, -0.1) is 12.4 Å². The number of benzene rings is 1. The molecule has 3 aromatic rings. The lowest BCUT2D eigenvalue weighted by molar-refractivity contribution is 0.167. The molecular formula is C19H22Cl2N4O. The lowest BCUT2D eigenvalue weighted by atomic mass is 10.0. The van der Waals surface area contributed by atoms with Gasteiger partial charge in [-0.05, 0) is 57.0 Å². The first-order valence-corrected chi connectivity index (χ1v) is 8.99. The van der Waals surface area contributed by atoms with Crippen LogP contribution in [0.4, 0.5) is 0 Å². The molecule has 0 radical (unpaired) electrons.